The van der Waals surface area contributed by atoms with Gasteiger partial charge in [0.15, 0.2) is 0 Å². The maximum absolute atomic E-state index is 13.1. The van der Waals surface area contributed by atoms with E-state index in [-0.39, 0.29) is 5.92 Å². The topological polar surface area (TPSA) is 38.0 Å². The van der Waals surface area contributed by atoms with E-state index in [0.717, 1.165) is 12.5 Å². The van der Waals surface area contributed by atoms with Crippen LogP contribution in [-0.2, 0) is 0 Å². The van der Waals surface area contributed by atoms with Gasteiger partial charge in [0.1, 0.15) is 11.6 Å². The molecule has 88 valence electrons. The highest BCUT2D eigenvalue weighted by atomic mass is 19.1. The molecular weight excluding hydrogens is 210 g/mol. The Kier molecular flexibility index (Phi) is 2.95. The predicted octanol–water partition coefficient (Wildman–Crippen LogP) is 1.76. The summed E-state index contributed by atoms with van der Waals surface area (Å²) in [6.07, 6.45) is 0.781. The average Bonchev–Trinajstić information content (AvgIpc) is 2.60. The Balaban J connectivity index is 2.36. The molecular formula is C12H16F2N2. The van der Waals surface area contributed by atoms with Crippen molar-refractivity contribution in [2.75, 3.05) is 13.1 Å². The maximum Gasteiger partial charge on any atom is 0.126 e. The predicted molar refractivity (Wildman–Crippen MR) is 59.2 cm³/mol. The van der Waals surface area contributed by atoms with Crippen LogP contribution in [0.3, 0.4) is 0 Å². The fourth-order valence-corrected chi connectivity index (χ4v) is 2.37. The summed E-state index contributed by atoms with van der Waals surface area (Å²) in [5.74, 6) is -1.11. The van der Waals surface area contributed by atoms with E-state index in [4.69, 9.17) is 5.73 Å². The van der Waals surface area contributed by atoms with Crippen LogP contribution in [0.5, 0.6) is 0 Å². The van der Waals surface area contributed by atoms with Gasteiger partial charge in [0.05, 0.1) is 0 Å². The summed E-state index contributed by atoms with van der Waals surface area (Å²) in [6, 6.07) is 3.63. The smallest absolute Gasteiger partial charge is 0.126 e. The first-order chi connectivity index (χ1) is 7.55. The Morgan fingerprint density at radius 3 is 2.56 bits per heavy atom. The molecule has 0 bridgehead atoms. The molecule has 3 N–H and O–H groups in total. The number of rotatable bonds is 2. The molecule has 4 heteroatoms. The lowest BCUT2D eigenvalue weighted by Crippen LogP contribution is -2.45. The average molecular weight is 226 g/mol. The maximum atomic E-state index is 13.1. The van der Waals surface area contributed by atoms with Crippen LogP contribution in [0.4, 0.5) is 8.78 Å². The van der Waals surface area contributed by atoms with Gasteiger partial charge in [0.25, 0.3) is 0 Å². The van der Waals surface area contributed by atoms with Gasteiger partial charge in [-0.25, -0.2) is 8.78 Å². The van der Waals surface area contributed by atoms with Crippen LogP contribution >= 0.6 is 0 Å². The van der Waals surface area contributed by atoms with Crippen LogP contribution in [0.25, 0.3) is 0 Å². The second-order valence-corrected chi connectivity index (χ2v) is 4.47. The van der Waals surface area contributed by atoms with E-state index < -0.39 is 17.2 Å². The number of nitrogens with one attached hydrogen (secondary N) is 1. The third kappa shape index (κ3) is 1.95. The fraction of sp³-hybridized carbons (Fsp3) is 0.500. The molecule has 1 aromatic rings. The molecule has 1 saturated heterocycles. The summed E-state index contributed by atoms with van der Waals surface area (Å²) in [4.78, 5) is 0. The number of benzene rings is 1. The third-order valence-corrected chi connectivity index (χ3v) is 3.44. The molecule has 1 fully saturated rings. The molecule has 0 radical (unpaired) electrons. The Morgan fingerprint density at radius 2 is 2.00 bits per heavy atom. The molecule has 1 aromatic carbocycles. The molecule has 16 heavy (non-hydrogen) atoms. The van der Waals surface area contributed by atoms with E-state index in [1.165, 1.54) is 12.1 Å². The molecule has 0 saturated carbocycles. The van der Waals surface area contributed by atoms with E-state index >= 15 is 0 Å². The number of hydrogen-bond acceptors (Lipinski definition) is 2. The minimum absolute atomic E-state index is 0.0253. The summed E-state index contributed by atoms with van der Waals surface area (Å²) in [6.45, 7) is 3.36. The standard InChI is InChI=1S/C12H16F2N2/c1-2-12(15)7-16-6-11(12)8-3-9(13)5-10(14)4-8/h3-5,11,16H,2,6-7,15H2,1H3. The summed E-state index contributed by atoms with van der Waals surface area (Å²) >= 11 is 0. The summed E-state index contributed by atoms with van der Waals surface area (Å²) in [5.41, 5.74) is 6.47. The monoisotopic (exact) mass is 226 g/mol. The van der Waals surface area contributed by atoms with E-state index in [9.17, 15) is 8.78 Å². The van der Waals surface area contributed by atoms with Gasteiger partial charge in [-0.3, -0.25) is 0 Å². The van der Waals surface area contributed by atoms with Crippen LogP contribution < -0.4 is 11.1 Å². The van der Waals surface area contributed by atoms with Crippen molar-refractivity contribution in [2.24, 2.45) is 5.73 Å². The molecule has 2 nitrogen and oxygen atoms in total. The Morgan fingerprint density at radius 1 is 1.38 bits per heavy atom. The van der Waals surface area contributed by atoms with Crippen molar-refractivity contribution in [3.8, 4) is 0 Å². The largest absolute Gasteiger partial charge is 0.323 e. The van der Waals surface area contributed by atoms with Crippen molar-refractivity contribution in [3.63, 3.8) is 0 Å². The second-order valence-electron chi connectivity index (χ2n) is 4.47. The van der Waals surface area contributed by atoms with Gasteiger partial charge in [-0.1, -0.05) is 6.92 Å². The van der Waals surface area contributed by atoms with Crippen LogP contribution in [0.2, 0.25) is 0 Å². The van der Waals surface area contributed by atoms with Gasteiger partial charge >= 0.3 is 0 Å². The van der Waals surface area contributed by atoms with Gasteiger partial charge < -0.3 is 11.1 Å². The van der Waals surface area contributed by atoms with Crippen LogP contribution in [0.1, 0.15) is 24.8 Å². The van der Waals surface area contributed by atoms with E-state index in [1.807, 2.05) is 6.92 Å². The van der Waals surface area contributed by atoms with Gasteiger partial charge in [0, 0.05) is 30.6 Å². The zero-order chi connectivity index (χ0) is 11.8. The normalized spacial score (nSPS) is 29.6. The molecule has 0 amide bonds. The second kappa shape index (κ2) is 4.11. The summed E-state index contributed by atoms with van der Waals surface area (Å²) < 4.78 is 26.3. The summed E-state index contributed by atoms with van der Waals surface area (Å²) in [5, 5.41) is 3.18. The zero-order valence-corrected chi connectivity index (χ0v) is 9.26. The van der Waals surface area contributed by atoms with Gasteiger partial charge in [0.2, 0.25) is 0 Å². The van der Waals surface area contributed by atoms with Crippen LogP contribution in [-0.4, -0.2) is 18.6 Å². The Hall–Kier alpha value is -1.00. The minimum Gasteiger partial charge on any atom is -0.323 e. The van der Waals surface area contributed by atoms with Crippen molar-refractivity contribution < 1.29 is 8.78 Å². The highest BCUT2D eigenvalue weighted by Gasteiger charge is 2.39. The van der Waals surface area contributed by atoms with Crippen molar-refractivity contribution in [1.29, 1.82) is 0 Å². The Bertz CT molecular complexity index is 374. The van der Waals surface area contributed by atoms with Gasteiger partial charge in [-0.2, -0.15) is 0 Å². The van der Waals surface area contributed by atoms with Crippen LogP contribution in [0, 0.1) is 11.6 Å². The molecule has 0 spiro atoms. The van der Waals surface area contributed by atoms with E-state index in [1.54, 1.807) is 0 Å². The van der Waals surface area contributed by atoms with Gasteiger partial charge in [-0.15, -0.1) is 0 Å². The third-order valence-electron chi connectivity index (χ3n) is 3.44. The lowest BCUT2D eigenvalue weighted by atomic mass is 9.81. The molecule has 2 unspecified atom stereocenters. The molecule has 1 heterocycles. The molecule has 0 aromatic heterocycles. The molecule has 1 aliphatic heterocycles. The van der Waals surface area contributed by atoms with Gasteiger partial charge in [-0.05, 0) is 24.1 Å². The van der Waals surface area contributed by atoms with E-state index in [0.29, 0.717) is 18.7 Å². The number of nitrogens with two attached hydrogens (primary N) is 1. The minimum atomic E-state index is -0.541. The number of halogens is 2. The first kappa shape index (κ1) is 11.5. The highest BCUT2D eigenvalue weighted by Crippen LogP contribution is 2.32. The SMILES string of the molecule is CCC1(N)CNCC1c1cc(F)cc(F)c1. The van der Waals surface area contributed by atoms with Crippen molar-refractivity contribution >= 4 is 0 Å². The van der Waals surface area contributed by atoms with Crippen molar-refractivity contribution in [3.05, 3.63) is 35.4 Å². The molecule has 1 aliphatic rings. The summed E-state index contributed by atoms with van der Waals surface area (Å²) in [7, 11) is 0. The molecule has 2 rings (SSSR count). The lowest BCUT2D eigenvalue weighted by molar-refractivity contribution is 0.403. The molecule has 0 aliphatic carbocycles. The van der Waals surface area contributed by atoms with E-state index in [2.05, 4.69) is 5.32 Å². The van der Waals surface area contributed by atoms with Crippen molar-refractivity contribution in [2.45, 2.75) is 24.8 Å². The number of hydrogen-bond donors (Lipinski definition) is 2. The highest BCUT2D eigenvalue weighted by molar-refractivity contribution is 5.28. The Labute approximate surface area is 93.8 Å². The zero-order valence-electron chi connectivity index (χ0n) is 9.26. The first-order valence-corrected chi connectivity index (χ1v) is 5.51. The first-order valence-electron chi connectivity index (χ1n) is 5.51. The molecule has 2 atom stereocenters. The van der Waals surface area contributed by atoms with Crippen molar-refractivity contribution in [1.82, 2.24) is 5.32 Å². The fourth-order valence-electron chi connectivity index (χ4n) is 2.37. The van der Waals surface area contributed by atoms with Crippen LogP contribution in [0.15, 0.2) is 18.2 Å². The quantitative estimate of drug-likeness (QED) is 0.806. The lowest BCUT2D eigenvalue weighted by Gasteiger charge is -2.29.